The van der Waals surface area contributed by atoms with Crippen LogP contribution in [-0.4, -0.2) is 64.7 Å². The number of nitrogens with zero attached hydrogens (tertiary/aromatic N) is 4. The van der Waals surface area contributed by atoms with Gasteiger partial charge in [-0.2, -0.15) is 0 Å². The first kappa shape index (κ1) is 18.4. The summed E-state index contributed by atoms with van der Waals surface area (Å²) in [6.45, 7) is 5.46. The van der Waals surface area contributed by atoms with Crippen molar-refractivity contribution in [1.82, 2.24) is 19.7 Å². The summed E-state index contributed by atoms with van der Waals surface area (Å²) < 4.78 is 0. The Balaban J connectivity index is 1.72. The molecule has 144 valence electrons. The van der Waals surface area contributed by atoms with Gasteiger partial charge in [0.15, 0.2) is 0 Å². The highest BCUT2D eigenvalue weighted by Crippen LogP contribution is 2.33. The van der Waals surface area contributed by atoms with E-state index < -0.39 is 0 Å². The van der Waals surface area contributed by atoms with Crippen molar-refractivity contribution in [2.75, 3.05) is 33.2 Å². The van der Waals surface area contributed by atoms with Gasteiger partial charge in [-0.1, -0.05) is 35.9 Å². The number of amides is 2. The highest BCUT2D eigenvalue weighted by molar-refractivity contribution is 6.35. The number of benzene rings is 1. The van der Waals surface area contributed by atoms with Crippen LogP contribution in [-0.2, 0) is 16.1 Å². The van der Waals surface area contributed by atoms with Gasteiger partial charge in [0.05, 0.1) is 12.1 Å². The molecule has 1 aromatic heterocycles. The molecule has 2 aromatic rings. The largest absolute Gasteiger partial charge is 0.364 e. The molecule has 0 atom stereocenters. The van der Waals surface area contributed by atoms with Crippen LogP contribution >= 0.6 is 0 Å². The molecular formula is C22H24N4O2. The van der Waals surface area contributed by atoms with Gasteiger partial charge in [-0.25, -0.2) is 0 Å². The molecule has 6 heteroatoms. The van der Waals surface area contributed by atoms with Crippen molar-refractivity contribution in [2.45, 2.75) is 13.5 Å². The fourth-order valence-corrected chi connectivity index (χ4v) is 3.68. The minimum atomic E-state index is -0.230. The maximum Gasteiger partial charge on any atom is 0.278 e. The molecule has 2 amide bonds. The maximum absolute atomic E-state index is 13.3. The van der Waals surface area contributed by atoms with Gasteiger partial charge in [0.2, 0.25) is 0 Å². The number of aromatic nitrogens is 1. The first-order valence-corrected chi connectivity index (χ1v) is 9.54. The van der Waals surface area contributed by atoms with E-state index in [0.29, 0.717) is 11.3 Å². The molecule has 0 unspecified atom stereocenters. The summed E-state index contributed by atoms with van der Waals surface area (Å²) in [7, 11) is 2.07. The molecule has 2 aliphatic heterocycles. The molecule has 6 nitrogen and oxygen atoms in total. The lowest BCUT2D eigenvalue weighted by atomic mass is 10.0. The minimum Gasteiger partial charge on any atom is -0.364 e. The van der Waals surface area contributed by atoms with Gasteiger partial charge in [0, 0.05) is 38.6 Å². The molecule has 28 heavy (non-hydrogen) atoms. The first-order valence-electron chi connectivity index (χ1n) is 9.54. The van der Waals surface area contributed by atoms with Gasteiger partial charge in [-0.3, -0.25) is 19.5 Å². The average molecular weight is 376 g/mol. The van der Waals surface area contributed by atoms with Gasteiger partial charge in [0.25, 0.3) is 11.8 Å². The zero-order valence-corrected chi connectivity index (χ0v) is 16.3. The van der Waals surface area contributed by atoms with E-state index >= 15 is 0 Å². The van der Waals surface area contributed by atoms with E-state index in [9.17, 15) is 9.59 Å². The van der Waals surface area contributed by atoms with Crippen LogP contribution in [0.5, 0.6) is 0 Å². The van der Waals surface area contributed by atoms with Gasteiger partial charge >= 0.3 is 0 Å². The van der Waals surface area contributed by atoms with Gasteiger partial charge in [0.1, 0.15) is 5.70 Å². The van der Waals surface area contributed by atoms with Crippen LogP contribution in [0.4, 0.5) is 0 Å². The van der Waals surface area contributed by atoms with Crippen LogP contribution in [0.25, 0.3) is 5.57 Å². The second kappa shape index (κ2) is 7.56. The molecule has 3 heterocycles. The number of hydrogen-bond acceptors (Lipinski definition) is 5. The second-order valence-electron chi connectivity index (χ2n) is 7.44. The van der Waals surface area contributed by atoms with Crippen molar-refractivity contribution in [2.24, 2.45) is 0 Å². The molecular weight excluding hydrogens is 352 g/mol. The normalized spacial score (nSPS) is 18.4. The van der Waals surface area contributed by atoms with Crippen LogP contribution in [0.2, 0.25) is 0 Å². The minimum absolute atomic E-state index is 0.214. The Labute approximate surface area is 165 Å². The van der Waals surface area contributed by atoms with Crippen LogP contribution < -0.4 is 0 Å². The molecule has 0 aliphatic carbocycles. The Bertz CT molecular complexity index is 913. The van der Waals surface area contributed by atoms with Crippen LogP contribution in [0.1, 0.15) is 16.7 Å². The number of rotatable bonds is 4. The van der Waals surface area contributed by atoms with Crippen molar-refractivity contribution in [3.63, 3.8) is 0 Å². The van der Waals surface area contributed by atoms with Crippen LogP contribution in [0.3, 0.4) is 0 Å². The van der Waals surface area contributed by atoms with Gasteiger partial charge in [-0.05, 0) is 31.2 Å². The highest BCUT2D eigenvalue weighted by Gasteiger charge is 2.41. The fraction of sp³-hybridized carbons (Fsp3) is 0.318. The van der Waals surface area contributed by atoms with E-state index in [4.69, 9.17) is 0 Å². The quantitative estimate of drug-likeness (QED) is 0.763. The lowest BCUT2D eigenvalue weighted by molar-refractivity contribution is -0.138. The lowest BCUT2D eigenvalue weighted by Gasteiger charge is -2.34. The van der Waals surface area contributed by atoms with E-state index in [-0.39, 0.29) is 18.4 Å². The zero-order chi connectivity index (χ0) is 19.7. The Morgan fingerprint density at radius 2 is 1.68 bits per heavy atom. The molecule has 0 radical (unpaired) electrons. The molecule has 1 aromatic carbocycles. The Hall–Kier alpha value is -2.99. The van der Waals surface area contributed by atoms with Crippen molar-refractivity contribution >= 4 is 17.4 Å². The van der Waals surface area contributed by atoms with E-state index in [1.165, 1.54) is 4.90 Å². The highest BCUT2D eigenvalue weighted by atomic mass is 16.2. The predicted molar refractivity (Wildman–Crippen MR) is 107 cm³/mol. The number of carbonyl (C=O) groups excluding carboxylic acids is 2. The zero-order valence-electron chi connectivity index (χ0n) is 16.3. The molecule has 0 N–H and O–H groups in total. The average Bonchev–Trinajstić information content (AvgIpc) is 2.95. The van der Waals surface area contributed by atoms with Crippen molar-refractivity contribution < 1.29 is 9.59 Å². The standard InChI is InChI=1S/C22H24N4O2/c1-16-5-7-18(8-6-16)19-20(25-12-10-24(2)11-13-25)22(28)26(21(19)27)15-17-4-3-9-23-14-17/h3-9,14H,10-13,15H2,1-2H3. The second-order valence-corrected chi connectivity index (χ2v) is 7.44. The van der Waals surface area contributed by atoms with Crippen molar-refractivity contribution in [1.29, 1.82) is 0 Å². The lowest BCUT2D eigenvalue weighted by Crippen LogP contribution is -2.46. The molecule has 0 saturated carbocycles. The van der Waals surface area contributed by atoms with Gasteiger partial charge in [-0.15, -0.1) is 0 Å². The number of aryl methyl sites for hydroxylation is 1. The summed E-state index contributed by atoms with van der Waals surface area (Å²) in [5.41, 5.74) is 3.80. The van der Waals surface area contributed by atoms with E-state index in [2.05, 4.69) is 21.8 Å². The summed E-state index contributed by atoms with van der Waals surface area (Å²) in [6, 6.07) is 11.5. The number of hydrogen-bond donors (Lipinski definition) is 0. The third-order valence-electron chi connectivity index (χ3n) is 5.37. The van der Waals surface area contributed by atoms with E-state index in [1.807, 2.05) is 43.3 Å². The van der Waals surface area contributed by atoms with Crippen molar-refractivity contribution in [3.8, 4) is 0 Å². The SMILES string of the molecule is Cc1ccc(C2=C(N3CCN(C)CC3)C(=O)N(Cc3cccnc3)C2=O)cc1. The molecule has 0 spiro atoms. The molecule has 2 aliphatic rings. The fourth-order valence-electron chi connectivity index (χ4n) is 3.68. The van der Waals surface area contributed by atoms with Gasteiger partial charge < -0.3 is 9.80 Å². The Morgan fingerprint density at radius 3 is 2.32 bits per heavy atom. The molecule has 1 fully saturated rings. The monoisotopic (exact) mass is 376 g/mol. The Kier molecular flexibility index (Phi) is 4.96. The molecule has 0 bridgehead atoms. The summed E-state index contributed by atoms with van der Waals surface area (Å²) in [5, 5.41) is 0. The number of carbonyl (C=O) groups is 2. The predicted octanol–water partition coefficient (Wildman–Crippen LogP) is 1.92. The summed E-state index contributed by atoms with van der Waals surface area (Å²) in [6.07, 6.45) is 3.38. The number of piperazine rings is 1. The third kappa shape index (κ3) is 3.43. The summed E-state index contributed by atoms with van der Waals surface area (Å²) in [4.78, 5) is 36.4. The number of pyridine rings is 1. The third-order valence-corrected chi connectivity index (χ3v) is 5.37. The van der Waals surface area contributed by atoms with E-state index in [0.717, 1.165) is 42.9 Å². The molecule has 4 rings (SSSR count). The smallest absolute Gasteiger partial charge is 0.278 e. The van der Waals surface area contributed by atoms with Crippen LogP contribution in [0, 0.1) is 6.92 Å². The van der Waals surface area contributed by atoms with Crippen molar-refractivity contribution in [3.05, 3.63) is 71.2 Å². The van der Waals surface area contributed by atoms with Crippen LogP contribution in [0.15, 0.2) is 54.5 Å². The van der Waals surface area contributed by atoms with E-state index in [1.54, 1.807) is 12.4 Å². The maximum atomic E-state index is 13.3. The number of likely N-dealkylation sites (N-methyl/N-ethyl adjacent to an activating group) is 1. The summed E-state index contributed by atoms with van der Waals surface area (Å²) >= 11 is 0. The molecule has 1 saturated heterocycles. The topological polar surface area (TPSA) is 56.8 Å². The number of imide groups is 1. The Morgan fingerprint density at radius 1 is 0.964 bits per heavy atom. The first-order chi connectivity index (χ1) is 13.5. The summed E-state index contributed by atoms with van der Waals surface area (Å²) in [5.74, 6) is -0.444.